The number of aryl methyl sites for hydroxylation is 1. The summed E-state index contributed by atoms with van der Waals surface area (Å²) in [5.74, 6) is 0.820. The molecule has 128 valence electrons. The lowest BCUT2D eigenvalue weighted by Crippen LogP contribution is -2.30. The highest BCUT2D eigenvalue weighted by Crippen LogP contribution is 2.18. The molecule has 0 amide bonds. The van der Waals surface area contributed by atoms with Crippen LogP contribution in [0.1, 0.15) is 16.7 Å². The summed E-state index contributed by atoms with van der Waals surface area (Å²) in [5, 5.41) is 0. The Morgan fingerprint density at radius 1 is 0.640 bits per heavy atom. The number of hydrogen-bond donors (Lipinski definition) is 0. The van der Waals surface area contributed by atoms with E-state index in [1.807, 2.05) is 91.9 Å². The van der Waals surface area contributed by atoms with Crippen LogP contribution in [0.4, 0.5) is 0 Å². The zero-order chi connectivity index (χ0) is 17.3. The van der Waals surface area contributed by atoms with Gasteiger partial charge in [-0.3, -0.25) is 0 Å². The molecule has 3 rings (SSSR count). The summed E-state index contributed by atoms with van der Waals surface area (Å²) in [7, 11) is -2.33. The average molecular weight is 350 g/mol. The highest BCUT2D eigenvalue weighted by atomic mass is 28.3. The van der Waals surface area contributed by atoms with E-state index in [0.717, 1.165) is 22.4 Å². The first-order valence-corrected chi connectivity index (χ1v) is 9.76. The summed E-state index contributed by atoms with van der Waals surface area (Å²) in [6.07, 6.45) is 0. The maximum Gasteiger partial charge on any atom is 0.550 e. The highest BCUT2D eigenvalue weighted by Gasteiger charge is 2.19. The highest BCUT2D eigenvalue weighted by molar-refractivity contribution is 6.37. The minimum absolute atomic E-state index is 0.485. The number of hydrogen-bond acceptors (Lipinski definition) is 3. The van der Waals surface area contributed by atoms with Gasteiger partial charge in [0.15, 0.2) is 0 Å². The molecule has 0 aromatic heterocycles. The van der Waals surface area contributed by atoms with Crippen molar-refractivity contribution in [2.75, 3.05) is 0 Å². The first-order chi connectivity index (χ1) is 12.3. The topological polar surface area (TPSA) is 27.7 Å². The Morgan fingerprint density at radius 2 is 1.12 bits per heavy atom. The molecule has 0 spiro atoms. The van der Waals surface area contributed by atoms with Gasteiger partial charge >= 0.3 is 9.53 Å². The fourth-order valence-corrected chi connectivity index (χ4v) is 3.75. The molecule has 4 heteroatoms. The van der Waals surface area contributed by atoms with Gasteiger partial charge in [-0.2, -0.15) is 0 Å². The molecule has 0 N–H and O–H groups in total. The van der Waals surface area contributed by atoms with E-state index >= 15 is 0 Å². The van der Waals surface area contributed by atoms with Gasteiger partial charge in [-0.15, -0.1) is 0 Å². The predicted molar refractivity (Wildman–Crippen MR) is 101 cm³/mol. The van der Waals surface area contributed by atoms with Crippen LogP contribution in [0.25, 0.3) is 0 Å². The maximum atomic E-state index is 6.08. The third-order valence-corrected chi connectivity index (χ3v) is 5.10. The molecule has 0 aliphatic heterocycles. The zero-order valence-corrected chi connectivity index (χ0v) is 15.5. The molecular weight excluding hydrogens is 328 g/mol. The van der Waals surface area contributed by atoms with E-state index < -0.39 is 9.53 Å². The molecule has 0 saturated heterocycles. The molecule has 0 saturated carbocycles. The van der Waals surface area contributed by atoms with Crippen molar-refractivity contribution in [2.24, 2.45) is 0 Å². The van der Waals surface area contributed by atoms with Crippen LogP contribution >= 0.6 is 0 Å². The third-order valence-electron chi connectivity index (χ3n) is 3.77. The second kappa shape index (κ2) is 9.18. The largest absolute Gasteiger partial charge is 0.550 e. The van der Waals surface area contributed by atoms with Crippen molar-refractivity contribution in [2.45, 2.75) is 20.1 Å². The van der Waals surface area contributed by atoms with E-state index in [0.29, 0.717) is 13.2 Å². The van der Waals surface area contributed by atoms with Gasteiger partial charge in [-0.25, -0.2) is 0 Å². The lowest BCUT2D eigenvalue weighted by molar-refractivity contribution is 0.126. The Hall–Kier alpha value is -2.40. The van der Waals surface area contributed by atoms with Gasteiger partial charge in [0, 0.05) is 0 Å². The van der Waals surface area contributed by atoms with Crippen molar-refractivity contribution < 1.29 is 13.3 Å². The maximum absolute atomic E-state index is 6.08. The summed E-state index contributed by atoms with van der Waals surface area (Å²) in [5.41, 5.74) is 3.29. The molecule has 0 fully saturated rings. The molecule has 0 aliphatic rings. The lowest BCUT2D eigenvalue weighted by atomic mass is 10.2. The van der Waals surface area contributed by atoms with Gasteiger partial charge in [0.2, 0.25) is 0 Å². The summed E-state index contributed by atoms with van der Waals surface area (Å²) in [6, 6.07) is 28.1. The molecule has 0 bridgehead atoms. The van der Waals surface area contributed by atoms with Gasteiger partial charge in [0.25, 0.3) is 0 Å². The Labute approximate surface area is 150 Å². The molecule has 3 aromatic carbocycles. The van der Waals surface area contributed by atoms with Crippen LogP contribution < -0.4 is 4.43 Å². The van der Waals surface area contributed by atoms with Gasteiger partial charge in [-0.05, 0) is 29.7 Å². The van der Waals surface area contributed by atoms with Crippen LogP contribution in [0.5, 0.6) is 5.75 Å². The lowest BCUT2D eigenvalue weighted by Gasteiger charge is -2.19. The predicted octanol–water partition coefficient (Wildman–Crippen LogP) is 4.52. The van der Waals surface area contributed by atoms with Crippen molar-refractivity contribution in [1.29, 1.82) is 0 Å². The molecule has 3 aromatic rings. The van der Waals surface area contributed by atoms with Crippen molar-refractivity contribution in [1.82, 2.24) is 0 Å². The summed E-state index contributed by atoms with van der Waals surface area (Å²) in [6.45, 7) is 2.99. The normalized spacial score (nSPS) is 10.8. The molecular formula is C21H22O3Si. The fraction of sp³-hybridized carbons (Fsp3) is 0.143. The first kappa shape index (κ1) is 17.4. The van der Waals surface area contributed by atoms with Crippen LogP contribution in [0.3, 0.4) is 0 Å². The summed E-state index contributed by atoms with van der Waals surface area (Å²) < 4.78 is 18.1. The van der Waals surface area contributed by atoms with Crippen molar-refractivity contribution in [3.63, 3.8) is 0 Å². The summed E-state index contributed by atoms with van der Waals surface area (Å²) >= 11 is 0. The molecule has 0 aliphatic carbocycles. The van der Waals surface area contributed by atoms with E-state index in [-0.39, 0.29) is 0 Å². The second-order valence-electron chi connectivity index (χ2n) is 5.77. The minimum atomic E-state index is -2.33. The van der Waals surface area contributed by atoms with Crippen LogP contribution in [0, 0.1) is 6.92 Å². The number of rotatable bonds is 8. The zero-order valence-electron chi connectivity index (χ0n) is 14.3. The standard InChI is InChI=1S/C21H22O3Si/c1-18-10-8-9-15-21(18)24-25(22-16-19-11-4-2-5-12-19)23-17-20-13-6-3-7-14-20/h2-15,25H,16-17H2,1H3. The molecule has 25 heavy (non-hydrogen) atoms. The van der Waals surface area contributed by atoms with Crippen LogP contribution in [0.2, 0.25) is 0 Å². The van der Waals surface area contributed by atoms with E-state index in [2.05, 4.69) is 0 Å². The van der Waals surface area contributed by atoms with Crippen LogP contribution in [0.15, 0.2) is 84.9 Å². The molecule has 0 unspecified atom stereocenters. The van der Waals surface area contributed by atoms with Crippen molar-refractivity contribution in [3.05, 3.63) is 102 Å². The van der Waals surface area contributed by atoms with Crippen LogP contribution in [-0.4, -0.2) is 9.53 Å². The second-order valence-corrected chi connectivity index (χ2v) is 7.24. The molecule has 0 radical (unpaired) electrons. The average Bonchev–Trinajstić information content (AvgIpc) is 2.67. The number of benzene rings is 3. The fourth-order valence-electron chi connectivity index (χ4n) is 2.39. The van der Waals surface area contributed by atoms with E-state index in [1.54, 1.807) is 0 Å². The Bertz CT molecular complexity index is 719. The van der Waals surface area contributed by atoms with Crippen molar-refractivity contribution in [3.8, 4) is 5.75 Å². The van der Waals surface area contributed by atoms with Gasteiger partial charge in [0.05, 0.1) is 13.2 Å². The van der Waals surface area contributed by atoms with E-state index in [9.17, 15) is 0 Å². The van der Waals surface area contributed by atoms with E-state index in [4.69, 9.17) is 13.3 Å². The third kappa shape index (κ3) is 5.57. The van der Waals surface area contributed by atoms with Crippen LogP contribution in [-0.2, 0) is 22.1 Å². The minimum Gasteiger partial charge on any atom is -0.503 e. The number of para-hydroxylation sites is 1. The Morgan fingerprint density at radius 3 is 1.64 bits per heavy atom. The van der Waals surface area contributed by atoms with Gasteiger partial charge in [-0.1, -0.05) is 78.9 Å². The van der Waals surface area contributed by atoms with Gasteiger partial charge < -0.3 is 13.3 Å². The molecule has 0 heterocycles. The quantitative estimate of drug-likeness (QED) is 0.559. The SMILES string of the molecule is Cc1ccccc1O[SiH](OCc1ccccc1)OCc1ccccc1. The molecule has 3 nitrogen and oxygen atoms in total. The monoisotopic (exact) mass is 350 g/mol. The van der Waals surface area contributed by atoms with Gasteiger partial charge in [0.1, 0.15) is 5.75 Å². The Balaban J connectivity index is 1.65. The van der Waals surface area contributed by atoms with Crippen molar-refractivity contribution >= 4 is 9.53 Å². The first-order valence-electron chi connectivity index (χ1n) is 8.34. The molecule has 0 atom stereocenters. The summed E-state index contributed by atoms with van der Waals surface area (Å²) in [4.78, 5) is 0. The smallest absolute Gasteiger partial charge is 0.503 e. The van der Waals surface area contributed by atoms with E-state index in [1.165, 1.54) is 0 Å². The Kier molecular flexibility index (Phi) is 6.39.